The summed E-state index contributed by atoms with van der Waals surface area (Å²) in [6.07, 6.45) is -1.60. The van der Waals surface area contributed by atoms with E-state index in [9.17, 15) is 18.0 Å². The Bertz CT molecular complexity index is 1490. The van der Waals surface area contributed by atoms with Crippen LogP contribution in [0.1, 0.15) is 50.4 Å². The zero-order chi connectivity index (χ0) is 28.4. The molecule has 2 aromatic carbocycles. The number of rotatable bonds is 7. The molecule has 4 aromatic rings. The summed E-state index contributed by atoms with van der Waals surface area (Å²) in [5, 5.41) is 4.42. The summed E-state index contributed by atoms with van der Waals surface area (Å²) in [7, 11) is 0. The molecule has 0 N–H and O–H groups in total. The largest absolute Gasteiger partial charge is 0.460 e. The average molecular weight is 558 g/mol. The summed E-state index contributed by atoms with van der Waals surface area (Å²) in [5.41, 5.74) is 1.71. The van der Waals surface area contributed by atoms with Gasteiger partial charge in [-0.3, -0.25) is 9.78 Å². The molecule has 10 heteroatoms. The second kappa shape index (κ2) is 11.2. The molecule has 0 aliphatic rings. The van der Waals surface area contributed by atoms with E-state index < -0.39 is 17.3 Å². The lowest BCUT2D eigenvalue weighted by atomic mass is 9.94. The van der Waals surface area contributed by atoms with Gasteiger partial charge in [0.15, 0.2) is 0 Å². The molecule has 6 nitrogen and oxygen atoms in total. The minimum Gasteiger partial charge on any atom is -0.460 e. The number of alkyl halides is 3. The van der Waals surface area contributed by atoms with Crippen molar-refractivity contribution in [3.8, 4) is 34.0 Å². The monoisotopic (exact) mass is 557 g/mol. The number of aryl methyl sites for hydroxylation is 2. The molecule has 2 heterocycles. The van der Waals surface area contributed by atoms with Crippen LogP contribution in [0.15, 0.2) is 59.3 Å². The van der Waals surface area contributed by atoms with Crippen LogP contribution in [0.25, 0.3) is 34.0 Å². The number of ether oxygens (including phenoxy) is 1. The van der Waals surface area contributed by atoms with Gasteiger partial charge in [0.25, 0.3) is 5.89 Å². The number of benzene rings is 2. The Morgan fingerprint density at radius 3 is 2.44 bits per heavy atom. The summed E-state index contributed by atoms with van der Waals surface area (Å²) in [5.74, 6) is 0.201. The molecule has 0 bridgehead atoms. The maximum absolute atomic E-state index is 13.5. The number of pyridine rings is 1. The molecule has 0 aliphatic carbocycles. The van der Waals surface area contributed by atoms with Crippen molar-refractivity contribution < 1.29 is 27.2 Å². The molecule has 2 aromatic heterocycles. The van der Waals surface area contributed by atoms with Crippen LogP contribution in [-0.4, -0.2) is 26.7 Å². The van der Waals surface area contributed by atoms with Gasteiger partial charge in [-0.15, -0.1) is 0 Å². The van der Waals surface area contributed by atoms with Crippen LogP contribution in [-0.2, 0) is 22.1 Å². The van der Waals surface area contributed by atoms with Crippen LogP contribution in [0.5, 0.6) is 0 Å². The highest BCUT2D eigenvalue weighted by molar-refractivity contribution is 6.31. The second-order valence-electron chi connectivity index (χ2n) is 10.1. The maximum atomic E-state index is 13.5. The lowest BCUT2D eigenvalue weighted by Crippen LogP contribution is -2.23. The van der Waals surface area contributed by atoms with Gasteiger partial charge in [0, 0.05) is 23.7 Å². The van der Waals surface area contributed by atoms with Crippen LogP contribution >= 0.6 is 11.6 Å². The van der Waals surface area contributed by atoms with E-state index in [0.29, 0.717) is 45.8 Å². The highest BCUT2D eigenvalue weighted by Crippen LogP contribution is 2.39. The predicted molar refractivity (Wildman–Crippen MR) is 142 cm³/mol. The van der Waals surface area contributed by atoms with Crippen LogP contribution < -0.4 is 0 Å². The quantitative estimate of drug-likeness (QED) is 0.214. The summed E-state index contributed by atoms with van der Waals surface area (Å²) in [6.45, 7) is 7.19. The van der Waals surface area contributed by atoms with Crippen molar-refractivity contribution in [3.05, 3.63) is 76.6 Å². The summed E-state index contributed by atoms with van der Waals surface area (Å²) >= 11 is 6.42. The van der Waals surface area contributed by atoms with Crippen molar-refractivity contribution in [2.75, 3.05) is 0 Å². The maximum Gasteiger partial charge on any atom is 0.417 e. The molecule has 0 unspecified atom stereocenters. The lowest BCUT2D eigenvalue weighted by molar-refractivity contribution is -0.154. The molecule has 0 saturated carbocycles. The molecule has 0 saturated heterocycles. The minimum atomic E-state index is -4.47. The van der Waals surface area contributed by atoms with Crippen LogP contribution in [0.3, 0.4) is 0 Å². The van der Waals surface area contributed by atoms with E-state index in [1.165, 1.54) is 12.1 Å². The van der Waals surface area contributed by atoms with Gasteiger partial charge in [-0.1, -0.05) is 41.0 Å². The van der Waals surface area contributed by atoms with E-state index in [1.54, 1.807) is 43.5 Å². The fraction of sp³-hybridized carbons (Fsp3) is 0.310. The third kappa shape index (κ3) is 7.03. The topological polar surface area (TPSA) is 78.1 Å². The SMILES string of the molecule is Cc1cc(-c2nc(-c3cnc(CCCC(=O)OC(C)(C)C)c(Cl)c3)no2)ccc1-c1ccccc1C(F)(F)F. The zero-order valence-electron chi connectivity index (χ0n) is 21.9. The standard InChI is InChI=1S/C29H27ClF3N3O3/c1-17-14-18(12-13-20(17)21-8-5-6-9-22(21)29(31,32)33)27-35-26(36-39-27)19-15-23(30)24(34-16-19)10-7-11-25(37)38-28(2,3)4/h5-6,8-9,12-16H,7,10-11H2,1-4H3. The predicted octanol–water partition coefficient (Wildman–Crippen LogP) is 8.11. The van der Waals surface area contributed by atoms with Gasteiger partial charge in [0.05, 0.1) is 16.3 Å². The zero-order valence-corrected chi connectivity index (χ0v) is 22.7. The minimum absolute atomic E-state index is 0.104. The van der Waals surface area contributed by atoms with E-state index in [1.807, 2.05) is 20.8 Å². The van der Waals surface area contributed by atoms with Crippen molar-refractivity contribution in [1.82, 2.24) is 15.1 Å². The molecule has 204 valence electrons. The Labute approximate surface area is 229 Å². The molecular weight excluding hydrogens is 531 g/mol. The fourth-order valence-electron chi connectivity index (χ4n) is 4.09. The number of carbonyl (C=O) groups is 1. The highest BCUT2D eigenvalue weighted by atomic mass is 35.5. The summed E-state index contributed by atoms with van der Waals surface area (Å²) in [6, 6.07) is 12.1. The first kappa shape index (κ1) is 28.3. The van der Waals surface area contributed by atoms with E-state index in [2.05, 4.69) is 15.1 Å². The first-order valence-electron chi connectivity index (χ1n) is 12.3. The number of nitrogens with zero attached hydrogens (tertiary/aromatic N) is 3. The van der Waals surface area contributed by atoms with Gasteiger partial charge in [-0.05, 0) is 81.5 Å². The Kier molecular flexibility index (Phi) is 8.11. The molecule has 0 spiro atoms. The Morgan fingerprint density at radius 2 is 1.77 bits per heavy atom. The molecule has 0 aliphatic heterocycles. The van der Waals surface area contributed by atoms with Crippen molar-refractivity contribution in [2.45, 2.75) is 58.7 Å². The van der Waals surface area contributed by atoms with Gasteiger partial charge in [0.2, 0.25) is 5.82 Å². The Balaban J connectivity index is 1.48. The van der Waals surface area contributed by atoms with E-state index in [0.717, 1.165) is 6.07 Å². The van der Waals surface area contributed by atoms with Crippen molar-refractivity contribution in [3.63, 3.8) is 0 Å². The van der Waals surface area contributed by atoms with Crippen molar-refractivity contribution in [1.29, 1.82) is 0 Å². The number of halogens is 4. The molecule has 0 radical (unpaired) electrons. The number of hydrogen-bond donors (Lipinski definition) is 0. The van der Waals surface area contributed by atoms with Crippen LogP contribution in [0, 0.1) is 6.92 Å². The number of esters is 1. The molecule has 0 amide bonds. The fourth-order valence-corrected chi connectivity index (χ4v) is 4.35. The number of carbonyl (C=O) groups excluding carboxylic acids is 1. The van der Waals surface area contributed by atoms with Gasteiger partial charge < -0.3 is 9.26 Å². The third-order valence-corrected chi connectivity index (χ3v) is 6.14. The van der Waals surface area contributed by atoms with Crippen molar-refractivity contribution in [2.24, 2.45) is 0 Å². The molecule has 0 atom stereocenters. The number of hydrogen-bond acceptors (Lipinski definition) is 6. The Morgan fingerprint density at radius 1 is 1.03 bits per heavy atom. The van der Waals surface area contributed by atoms with E-state index in [4.69, 9.17) is 20.9 Å². The van der Waals surface area contributed by atoms with Gasteiger partial charge in [-0.2, -0.15) is 18.2 Å². The number of aromatic nitrogens is 3. The van der Waals surface area contributed by atoms with Gasteiger partial charge in [0.1, 0.15) is 5.60 Å². The molecule has 0 fully saturated rings. The smallest absolute Gasteiger partial charge is 0.417 e. The summed E-state index contributed by atoms with van der Waals surface area (Å²) in [4.78, 5) is 20.7. The summed E-state index contributed by atoms with van der Waals surface area (Å²) < 4.78 is 51.3. The first-order chi connectivity index (χ1) is 18.3. The normalized spacial score (nSPS) is 12.0. The lowest BCUT2D eigenvalue weighted by Gasteiger charge is -2.19. The molecule has 39 heavy (non-hydrogen) atoms. The van der Waals surface area contributed by atoms with Crippen LogP contribution in [0.2, 0.25) is 5.02 Å². The average Bonchev–Trinajstić information content (AvgIpc) is 3.34. The third-order valence-electron chi connectivity index (χ3n) is 5.81. The Hall–Kier alpha value is -3.72. The molecular formula is C29H27ClF3N3O3. The van der Waals surface area contributed by atoms with Gasteiger partial charge >= 0.3 is 12.1 Å². The van der Waals surface area contributed by atoms with Crippen molar-refractivity contribution >= 4 is 17.6 Å². The van der Waals surface area contributed by atoms with Gasteiger partial charge in [-0.25, -0.2) is 0 Å². The van der Waals surface area contributed by atoms with E-state index >= 15 is 0 Å². The first-order valence-corrected chi connectivity index (χ1v) is 12.7. The van der Waals surface area contributed by atoms with E-state index in [-0.39, 0.29) is 29.7 Å². The highest BCUT2D eigenvalue weighted by Gasteiger charge is 2.33. The van der Waals surface area contributed by atoms with Crippen LogP contribution in [0.4, 0.5) is 13.2 Å². The molecule has 4 rings (SSSR count). The second-order valence-corrected chi connectivity index (χ2v) is 10.5.